The SMILES string of the molecule is CCN(CC(=O)NC1CCS(=O)(=O)C1)S(=O)(=O)c1ccc2c(c1)CCO2. The Balaban J connectivity index is 1.70. The van der Waals surface area contributed by atoms with Crippen molar-refractivity contribution in [1.29, 1.82) is 0 Å². The van der Waals surface area contributed by atoms with Crippen molar-refractivity contribution in [3.8, 4) is 5.75 Å². The lowest BCUT2D eigenvalue weighted by atomic mass is 10.2. The zero-order valence-corrected chi connectivity index (χ0v) is 16.1. The molecule has 0 saturated carbocycles. The minimum Gasteiger partial charge on any atom is -0.493 e. The average molecular weight is 402 g/mol. The van der Waals surface area contributed by atoms with E-state index in [4.69, 9.17) is 4.74 Å². The zero-order chi connectivity index (χ0) is 18.9. The second kappa shape index (κ2) is 7.16. The molecule has 1 unspecified atom stereocenters. The maximum atomic E-state index is 12.8. The van der Waals surface area contributed by atoms with Gasteiger partial charge in [0.05, 0.1) is 29.6 Å². The number of hydrogen-bond acceptors (Lipinski definition) is 6. The fraction of sp³-hybridized carbons (Fsp3) is 0.562. The number of hydrogen-bond donors (Lipinski definition) is 1. The van der Waals surface area contributed by atoms with Gasteiger partial charge in [-0.25, -0.2) is 16.8 Å². The molecule has 0 spiro atoms. The number of ether oxygens (including phenoxy) is 1. The normalized spacial score (nSPS) is 21.4. The smallest absolute Gasteiger partial charge is 0.243 e. The first-order chi connectivity index (χ1) is 12.2. The predicted molar refractivity (Wildman–Crippen MR) is 95.3 cm³/mol. The van der Waals surface area contributed by atoms with Crippen molar-refractivity contribution in [1.82, 2.24) is 9.62 Å². The summed E-state index contributed by atoms with van der Waals surface area (Å²) in [5.41, 5.74) is 0.836. The molecule has 1 N–H and O–H groups in total. The van der Waals surface area contributed by atoms with E-state index in [1.165, 1.54) is 6.07 Å². The molecule has 3 rings (SSSR count). The van der Waals surface area contributed by atoms with E-state index in [0.29, 0.717) is 25.2 Å². The van der Waals surface area contributed by atoms with Gasteiger partial charge in [0.15, 0.2) is 9.84 Å². The summed E-state index contributed by atoms with van der Waals surface area (Å²) in [6.45, 7) is 1.97. The second-order valence-electron chi connectivity index (χ2n) is 6.47. The summed E-state index contributed by atoms with van der Waals surface area (Å²) in [6, 6.07) is 4.24. The Morgan fingerprint density at radius 2 is 2.15 bits per heavy atom. The Bertz CT molecular complexity index is 911. The van der Waals surface area contributed by atoms with Crippen LogP contribution in [0.4, 0.5) is 0 Å². The number of carbonyl (C=O) groups excluding carboxylic acids is 1. The van der Waals surface area contributed by atoms with Crippen molar-refractivity contribution in [2.75, 3.05) is 31.2 Å². The van der Waals surface area contributed by atoms with Crippen LogP contribution in [0.1, 0.15) is 18.9 Å². The Morgan fingerprint density at radius 1 is 1.38 bits per heavy atom. The number of nitrogens with one attached hydrogen (secondary N) is 1. The highest BCUT2D eigenvalue weighted by molar-refractivity contribution is 7.91. The minimum atomic E-state index is -3.83. The highest BCUT2D eigenvalue weighted by Gasteiger charge is 2.31. The van der Waals surface area contributed by atoms with Crippen LogP contribution in [-0.4, -0.2) is 64.3 Å². The lowest BCUT2D eigenvalue weighted by molar-refractivity contribution is -0.121. The van der Waals surface area contributed by atoms with Crippen molar-refractivity contribution in [3.05, 3.63) is 23.8 Å². The van der Waals surface area contributed by atoms with Gasteiger partial charge in [-0.05, 0) is 30.2 Å². The third kappa shape index (κ3) is 4.02. The number of rotatable bonds is 6. The minimum absolute atomic E-state index is 0.0466. The van der Waals surface area contributed by atoms with Crippen LogP contribution in [0.5, 0.6) is 5.75 Å². The zero-order valence-electron chi connectivity index (χ0n) is 14.5. The average Bonchev–Trinajstić information content (AvgIpc) is 3.17. The van der Waals surface area contributed by atoms with Crippen LogP contribution in [0, 0.1) is 0 Å². The van der Waals surface area contributed by atoms with E-state index >= 15 is 0 Å². The molecule has 10 heteroatoms. The molecule has 0 bridgehead atoms. The van der Waals surface area contributed by atoms with Gasteiger partial charge in [0.2, 0.25) is 15.9 Å². The molecule has 2 aliphatic rings. The molecule has 0 aromatic heterocycles. The highest BCUT2D eigenvalue weighted by atomic mass is 32.2. The molecule has 1 fully saturated rings. The lowest BCUT2D eigenvalue weighted by Crippen LogP contribution is -2.44. The van der Waals surface area contributed by atoms with Crippen molar-refractivity contribution in [2.45, 2.75) is 30.7 Å². The van der Waals surface area contributed by atoms with Gasteiger partial charge in [-0.15, -0.1) is 0 Å². The molecule has 0 aliphatic carbocycles. The summed E-state index contributed by atoms with van der Waals surface area (Å²) in [5, 5.41) is 2.62. The summed E-state index contributed by atoms with van der Waals surface area (Å²) in [4.78, 5) is 12.3. The molecule has 2 aliphatic heterocycles. The number of likely N-dealkylation sites (N-methyl/N-ethyl adjacent to an activating group) is 1. The molecule has 144 valence electrons. The van der Waals surface area contributed by atoms with Crippen LogP contribution in [0.3, 0.4) is 0 Å². The van der Waals surface area contributed by atoms with Crippen molar-refractivity contribution in [3.63, 3.8) is 0 Å². The van der Waals surface area contributed by atoms with Gasteiger partial charge < -0.3 is 10.1 Å². The Hall–Kier alpha value is -1.65. The van der Waals surface area contributed by atoms with Gasteiger partial charge in [-0.1, -0.05) is 6.92 Å². The van der Waals surface area contributed by atoms with Crippen molar-refractivity contribution in [2.24, 2.45) is 0 Å². The third-order valence-corrected chi connectivity index (χ3v) is 8.25. The summed E-state index contributed by atoms with van der Waals surface area (Å²) >= 11 is 0. The van der Waals surface area contributed by atoms with E-state index in [2.05, 4.69) is 5.32 Å². The predicted octanol–water partition coefficient (Wildman–Crippen LogP) is -0.0646. The summed E-state index contributed by atoms with van der Waals surface area (Å²) < 4.78 is 55.1. The molecule has 2 heterocycles. The van der Waals surface area contributed by atoms with Crippen LogP contribution in [0.15, 0.2) is 23.1 Å². The fourth-order valence-electron chi connectivity index (χ4n) is 3.18. The molecular formula is C16H22N2O6S2. The second-order valence-corrected chi connectivity index (χ2v) is 10.6. The first-order valence-electron chi connectivity index (χ1n) is 8.47. The molecule has 1 aromatic carbocycles. The lowest BCUT2D eigenvalue weighted by Gasteiger charge is -2.21. The third-order valence-electron chi connectivity index (χ3n) is 4.57. The molecular weight excluding hydrogens is 380 g/mol. The maximum Gasteiger partial charge on any atom is 0.243 e. The Kier molecular flexibility index (Phi) is 5.27. The van der Waals surface area contributed by atoms with Crippen LogP contribution in [0.25, 0.3) is 0 Å². The monoisotopic (exact) mass is 402 g/mol. The van der Waals surface area contributed by atoms with E-state index in [-0.39, 0.29) is 29.5 Å². The Morgan fingerprint density at radius 3 is 2.81 bits per heavy atom. The van der Waals surface area contributed by atoms with Gasteiger partial charge >= 0.3 is 0 Å². The number of benzene rings is 1. The molecule has 1 aromatic rings. The van der Waals surface area contributed by atoms with E-state index in [0.717, 1.165) is 9.87 Å². The molecule has 0 radical (unpaired) electrons. The highest BCUT2D eigenvalue weighted by Crippen LogP contribution is 2.28. The summed E-state index contributed by atoms with van der Waals surface area (Å²) in [7, 11) is -6.94. The topological polar surface area (TPSA) is 110 Å². The van der Waals surface area contributed by atoms with E-state index in [9.17, 15) is 21.6 Å². The first-order valence-corrected chi connectivity index (χ1v) is 11.7. The van der Waals surface area contributed by atoms with Crippen molar-refractivity contribution >= 4 is 25.8 Å². The van der Waals surface area contributed by atoms with Gasteiger partial charge in [-0.3, -0.25) is 4.79 Å². The van der Waals surface area contributed by atoms with Crippen molar-refractivity contribution < 1.29 is 26.4 Å². The first kappa shape index (κ1) is 19.1. The molecule has 1 amide bonds. The van der Waals surface area contributed by atoms with Gasteiger partial charge in [0, 0.05) is 19.0 Å². The number of sulfonamides is 1. The van der Waals surface area contributed by atoms with Crippen LogP contribution in [-0.2, 0) is 31.1 Å². The number of nitrogens with zero attached hydrogens (tertiary/aromatic N) is 1. The molecule has 26 heavy (non-hydrogen) atoms. The molecule has 8 nitrogen and oxygen atoms in total. The molecule has 1 saturated heterocycles. The van der Waals surface area contributed by atoms with Crippen LogP contribution >= 0.6 is 0 Å². The van der Waals surface area contributed by atoms with Gasteiger partial charge in [-0.2, -0.15) is 4.31 Å². The summed E-state index contributed by atoms with van der Waals surface area (Å²) in [6.07, 6.45) is 1.01. The largest absolute Gasteiger partial charge is 0.493 e. The van der Waals surface area contributed by atoms with E-state index in [1.807, 2.05) is 0 Å². The van der Waals surface area contributed by atoms with E-state index in [1.54, 1.807) is 19.1 Å². The van der Waals surface area contributed by atoms with Crippen LogP contribution < -0.4 is 10.1 Å². The number of fused-ring (bicyclic) bond motifs is 1. The number of amides is 1. The maximum absolute atomic E-state index is 12.8. The quantitative estimate of drug-likeness (QED) is 0.714. The fourth-order valence-corrected chi connectivity index (χ4v) is 6.31. The summed E-state index contributed by atoms with van der Waals surface area (Å²) in [5.74, 6) is 0.141. The standard InChI is InChI=1S/C16H22N2O6S2/c1-2-18(10-16(19)17-13-6-8-25(20,21)11-13)26(22,23)14-3-4-15-12(9-14)5-7-24-15/h3-4,9,13H,2,5-8,10-11H2,1H3,(H,17,19). The number of carbonyl (C=O) groups is 1. The number of sulfone groups is 1. The Labute approximate surface area is 153 Å². The van der Waals surface area contributed by atoms with Gasteiger partial charge in [0.1, 0.15) is 5.75 Å². The van der Waals surface area contributed by atoms with E-state index < -0.39 is 31.8 Å². The van der Waals surface area contributed by atoms with Gasteiger partial charge in [0.25, 0.3) is 0 Å². The van der Waals surface area contributed by atoms with Crippen LogP contribution in [0.2, 0.25) is 0 Å². The molecule has 1 atom stereocenters.